The fraction of sp³-hybridized carbons (Fsp3) is 0.846. The maximum Gasteiger partial charge on any atom is 0.331 e. The van der Waals surface area contributed by atoms with Gasteiger partial charge in [0.15, 0.2) is 0 Å². The minimum atomic E-state index is -0.440. The number of hydrogen-bond acceptors (Lipinski definition) is 3. The Morgan fingerprint density at radius 3 is 2.12 bits per heavy atom. The van der Waals surface area contributed by atoms with Gasteiger partial charge in [0.25, 0.3) is 0 Å². The summed E-state index contributed by atoms with van der Waals surface area (Å²) >= 11 is 0. The second-order valence-corrected chi connectivity index (χ2v) is 6.31. The van der Waals surface area contributed by atoms with Crippen LogP contribution in [0.15, 0.2) is 4.99 Å². The Bertz CT molecular complexity index is 256. The van der Waals surface area contributed by atoms with Gasteiger partial charge in [0.05, 0.1) is 0 Å². The van der Waals surface area contributed by atoms with Crippen LogP contribution in [-0.4, -0.2) is 23.8 Å². The molecule has 0 aliphatic rings. The summed E-state index contributed by atoms with van der Waals surface area (Å²) in [6.45, 7) is 13.7. The van der Waals surface area contributed by atoms with Crippen molar-refractivity contribution in [3.8, 4) is 0 Å². The summed E-state index contributed by atoms with van der Waals surface area (Å²) in [5, 5.41) is 0. The number of ether oxygens (including phenoxy) is 1. The molecule has 0 aromatic carbocycles. The highest BCUT2D eigenvalue weighted by atomic mass is 16.6. The van der Waals surface area contributed by atoms with Gasteiger partial charge in [-0.1, -0.05) is 20.8 Å². The van der Waals surface area contributed by atoms with E-state index < -0.39 is 11.6 Å². The van der Waals surface area contributed by atoms with Crippen LogP contribution in [0.4, 0.5) is 0 Å². The second-order valence-electron chi connectivity index (χ2n) is 6.31. The molecule has 0 aliphatic heterocycles. The van der Waals surface area contributed by atoms with Gasteiger partial charge >= 0.3 is 5.97 Å². The minimum Gasteiger partial charge on any atom is -0.458 e. The smallest absolute Gasteiger partial charge is 0.331 e. The molecule has 0 aromatic rings. The highest BCUT2D eigenvalue weighted by Crippen LogP contribution is 2.16. The molecule has 0 saturated heterocycles. The van der Waals surface area contributed by atoms with Crippen LogP contribution < -0.4 is 0 Å². The van der Waals surface area contributed by atoms with Crippen LogP contribution in [-0.2, 0) is 9.53 Å². The number of esters is 1. The molecule has 1 unspecified atom stereocenters. The van der Waals surface area contributed by atoms with Crippen molar-refractivity contribution in [3.05, 3.63) is 0 Å². The average Bonchev–Trinajstić information content (AvgIpc) is 1.98. The van der Waals surface area contributed by atoms with E-state index in [0.29, 0.717) is 0 Å². The Hall–Kier alpha value is -0.860. The van der Waals surface area contributed by atoms with Crippen molar-refractivity contribution in [2.24, 2.45) is 10.4 Å². The van der Waals surface area contributed by atoms with Crippen LogP contribution in [0.25, 0.3) is 0 Å². The third-order valence-corrected chi connectivity index (χ3v) is 1.78. The molecule has 94 valence electrons. The van der Waals surface area contributed by atoms with Crippen molar-refractivity contribution >= 4 is 12.2 Å². The van der Waals surface area contributed by atoms with Crippen molar-refractivity contribution in [1.82, 2.24) is 0 Å². The maximum atomic E-state index is 11.6. The monoisotopic (exact) mass is 227 g/mol. The first-order valence-corrected chi connectivity index (χ1v) is 5.76. The van der Waals surface area contributed by atoms with Gasteiger partial charge in [0.1, 0.15) is 11.6 Å². The Balaban J connectivity index is 4.16. The first-order valence-electron chi connectivity index (χ1n) is 5.76. The van der Waals surface area contributed by atoms with Gasteiger partial charge in [-0.3, -0.25) is 4.99 Å². The van der Waals surface area contributed by atoms with E-state index in [0.717, 1.165) is 6.42 Å². The molecule has 0 bridgehead atoms. The lowest BCUT2D eigenvalue weighted by Crippen LogP contribution is -2.29. The SMILES string of the molecule is CC(/N=C/CC(C)(C)C)C(=O)OC(C)(C)C. The number of rotatable bonds is 3. The molecule has 0 radical (unpaired) electrons. The number of hydrogen-bond donors (Lipinski definition) is 0. The zero-order valence-electron chi connectivity index (χ0n) is 11.6. The number of nitrogens with zero attached hydrogens (tertiary/aromatic N) is 1. The van der Waals surface area contributed by atoms with E-state index in [2.05, 4.69) is 25.8 Å². The van der Waals surface area contributed by atoms with Crippen LogP contribution >= 0.6 is 0 Å². The Morgan fingerprint density at radius 1 is 1.25 bits per heavy atom. The topological polar surface area (TPSA) is 38.7 Å². The summed E-state index contributed by atoms with van der Waals surface area (Å²) in [6.07, 6.45) is 2.68. The minimum absolute atomic E-state index is 0.206. The molecule has 0 spiro atoms. The average molecular weight is 227 g/mol. The molecule has 0 saturated carbocycles. The Kier molecular flexibility index (Phi) is 5.17. The normalized spacial score (nSPS) is 15.2. The van der Waals surface area contributed by atoms with E-state index in [-0.39, 0.29) is 11.4 Å². The predicted octanol–water partition coefficient (Wildman–Crippen LogP) is 3.22. The number of aliphatic imine (C=N–C) groups is 1. The summed E-state index contributed by atoms with van der Waals surface area (Å²) in [4.78, 5) is 15.8. The van der Waals surface area contributed by atoms with Gasteiger partial charge < -0.3 is 4.74 Å². The lowest BCUT2D eigenvalue weighted by Gasteiger charge is -2.21. The van der Waals surface area contributed by atoms with Crippen molar-refractivity contribution < 1.29 is 9.53 Å². The maximum absolute atomic E-state index is 11.6. The number of carbonyl (C=O) groups is 1. The lowest BCUT2D eigenvalue weighted by molar-refractivity contribution is -0.155. The van der Waals surface area contributed by atoms with E-state index >= 15 is 0 Å². The quantitative estimate of drug-likeness (QED) is 0.548. The second kappa shape index (κ2) is 5.46. The fourth-order valence-corrected chi connectivity index (χ4v) is 0.933. The van der Waals surface area contributed by atoms with Gasteiger partial charge in [0, 0.05) is 6.21 Å². The summed E-state index contributed by atoms with van der Waals surface area (Å²) in [5.41, 5.74) is -0.234. The molecule has 0 N–H and O–H groups in total. The summed E-state index contributed by atoms with van der Waals surface area (Å²) in [6, 6.07) is -0.415. The highest BCUT2D eigenvalue weighted by Gasteiger charge is 2.20. The molecule has 3 heteroatoms. The molecule has 0 aromatic heterocycles. The van der Waals surface area contributed by atoms with Gasteiger partial charge in [-0.15, -0.1) is 0 Å². The summed E-state index contributed by atoms with van der Waals surface area (Å²) in [7, 11) is 0. The summed E-state index contributed by atoms with van der Waals surface area (Å²) < 4.78 is 5.23. The molecule has 0 aliphatic carbocycles. The van der Waals surface area contributed by atoms with E-state index in [1.165, 1.54) is 0 Å². The van der Waals surface area contributed by atoms with Crippen molar-refractivity contribution in [2.45, 2.75) is 66.5 Å². The third-order valence-electron chi connectivity index (χ3n) is 1.78. The molecule has 0 rings (SSSR count). The molecule has 0 amide bonds. The van der Waals surface area contributed by atoms with Gasteiger partial charge in [-0.25, -0.2) is 4.79 Å². The molecule has 16 heavy (non-hydrogen) atoms. The van der Waals surface area contributed by atoms with Crippen LogP contribution in [0.2, 0.25) is 0 Å². The van der Waals surface area contributed by atoms with Gasteiger partial charge in [-0.2, -0.15) is 0 Å². The molecule has 3 nitrogen and oxygen atoms in total. The predicted molar refractivity (Wildman–Crippen MR) is 67.9 cm³/mol. The van der Waals surface area contributed by atoms with E-state index in [9.17, 15) is 4.79 Å². The molecule has 0 fully saturated rings. The van der Waals surface area contributed by atoms with Crippen LogP contribution in [0.3, 0.4) is 0 Å². The Morgan fingerprint density at radius 2 is 1.75 bits per heavy atom. The first-order chi connectivity index (χ1) is 7.01. The molecular formula is C13H25NO2. The molecular weight excluding hydrogens is 202 g/mol. The van der Waals surface area contributed by atoms with Gasteiger partial charge in [-0.05, 0) is 39.5 Å². The lowest BCUT2D eigenvalue weighted by atomic mass is 9.93. The summed E-state index contributed by atoms with van der Waals surface area (Å²) in [5.74, 6) is -0.266. The first kappa shape index (κ1) is 15.1. The third kappa shape index (κ3) is 8.45. The van der Waals surface area contributed by atoms with Crippen molar-refractivity contribution in [1.29, 1.82) is 0 Å². The largest absolute Gasteiger partial charge is 0.458 e. The zero-order valence-corrected chi connectivity index (χ0v) is 11.6. The molecule has 1 atom stereocenters. The standard InChI is InChI=1S/C13H25NO2/c1-10(11(15)16-13(5,6)7)14-9-8-12(2,3)4/h9-10H,8H2,1-7H3/b14-9+. The Labute approximate surface area is 99.3 Å². The highest BCUT2D eigenvalue weighted by molar-refractivity contribution is 5.78. The van der Waals surface area contributed by atoms with Crippen LogP contribution in [0.5, 0.6) is 0 Å². The van der Waals surface area contributed by atoms with Crippen molar-refractivity contribution in [2.75, 3.05) is 0 Å². The molecule has 0 heterocycles. The van der Waals surface area contributed by atoms with E-state index in [1.54, 1.807) is 6.92 Å². The zero-order chi connectivity index (χ0) is 13.0. The number of carbonyl (C=O) groups excluding carboxylic acids is 1. The van der Waals surface area contributed by atoms with Crippen molar-refractivity contribution in [3.63, 3.8) is 0 Å². The van der Waals surface area contributed by atoms with E-state index in [1.807, 2.05) is 27.0 Å². The van der Waals surface area contributed by atoms with Crippen LogP contribution in [0, 0.1) is 5.41 Å². The fourth-order valence-electron chi connectivity index (χ4n) is 0.933. The van der Waals surface area contributed by atoms with Gasteiger partial charge in [0.2, 0.25) is 0 Å². The van der Waals surface area contributed by atoms with E-state index in [4.69, 9.17) is 4.74 Å². The van der Waals surface area contributed by atoms with Crippen LogP contribution in [0.1, 0.15) is 54.9 Å².